The van der Waals surface area contributed by atoms with Crippen LogP contribution >= 0.6 is 11.3 Å². The van der Waals surface area contributed by atoms with Crippen molar-refractivity contribution in [2.24, 2.45) is 0 Å². The molecule has 298 valence electrons. The number of rotatable bonds is 3. The monoisotopic (exact) mass is 814 g/mol. The van der Waals surface area contributed by atoms with Gasteiger partial charge in [0.05, 0.1) is 5.52 Å². The van der Waals surface area contributed by atoms with Gasteiger partial charge in [0.25, 0.3) is 0 Å². The van der Waals surface area contributed by atoms with E-state index in [0.29, 0.717) is 0 Å². The van der Waals surface area contributed by atoms with Gasteiger partial charge in [0.2, 0.25) is 0 Å². The van der Waals surface area contributed by atoms with Gasteiger partial charge in [-0.25, -0.2) is 0 Å². The highest BCUT2D eigenvalue weighted by molar-refractivity contribution is 7.25. The fourth-order valence-corrected chi connectivity index (χ4v) is 12.8. The molecular formula is C58H47BN2S. The maximum Gasteiger partial charge on any atom is 0.198 e. The lowest BCUT2D eigenvalue weighted by Crippen LogP contribution is -2.37. The fourth-order valence-electron chi connectivity index (χ4n) is 11.7. The Kier molecular flexibility index (Phi) is 7.13. The normalized spacial score (nSPS) is 15.1. The maximum atomic E-state index is 3.97. The summed E-state index contributed by atoms with van der Waals surface area (Å²) in [6.07, 6.45) is 0. The van der Waals surface area contributed by atoms with Crippen molar-refractivity contribution >= 4 is 82.9 Å². The Morgan fingerprint density at radius 3 is 1.90 bits per heavy atom. The number of anilines is 2. The Morgan fingerprint density at radius 2 is 1.18 bits per heavy atom. The predicted molar refractivity (Wildman–Crippen MR) is 269 cm³/mol. The largest absolute Gasteiger partial charge is 0.355 e. The van der Waals surface area contributed by atoms with E-state index in [1.54, 1.807) is 0 Å². The number of hydrogen-bond acceptors (Lipinski definition) is 2. The molecule has 0 saturated carbocycles. The molecule has 1 aliphatic heterocycles. The van der Waals surface area contributed by atoms with E-state index in [0.717, 1.165) is 18.7 Å². The third-order valence-electron chi connectivity index (χ3n) is 15.0. The van der Waals surface area contributed by atoms with Gasteiger partial charge >= 0.3 is 0 Å². The molecule has 0 fully saturated rings. The van der Waals surface area contributed by atoms with Crippen LogP contribution in [0.3, 0.4) is 0 Å². The standard InChI is InChI=1S/C58H47BN2S/c1-56(2,3)32-20-22-33(23-21-32)60-49-31-53-43(36-16-10-13-19-52(36)62-53)26-41(49)37-24-25-38-42-27-46-40(35-15-9-12-18-45(35)57(46,4)5)29-50(42)61-51-30-47-39(28-48(51)59-54(37)55(38)61)34-14-8-11-17-44(34)58(47,6)7/h8-31,59-60H,1-7H3. The second-order valence-electron chi connectivity index (χ2n) is 20.2. The second kappa shape index (κ2) is 12.2. The van der Waals surface area contributed by atoms with Gasteiger partial charge in [0, 0.05) is 69.9 Å². The summed E-state index contributed by atoms with van der Waals surface area (Å²) < 4.78 is 5.28. The molecule has 1 N–H and O–H groups in total. The molecule has 8 aromatic carbocycles. The molecule has 13 rings (SSSR count). The number of hydrogen-bond donors (Lipinski definition) is 1. The van der Waals surface area contributed by atoms with E-state index in [-0.39, 0.29) is 16.2 Å². The topological polar surface area (TPSA) is 17.0 Å². The van der Waals surface area contributed by atoms with Gasteiger partial charge in [-0.3, -0.25) is 0 Å². The van der Waals surface area contributed by atoms with Crippen LogP contribution in [0.25, 0.3) is 81.0 Å². The first kappa shape index (κ1) is 36.3. The van der Waals surface area contributed by atoms with Crippen molar-refractivity contribution in [1.29, 1.82) is 0 Å². The van der Waals surface area contributed by atoms with E-state index in [4.69, 9.17) is 0 Å². The van der Waals surface area contributed by atoms with E-state index in [1.807, 2.05) is 11.3 Å². The van der Waals surface area contributed by atoms with Crippen LogP contribution in [0.4, 0.5) is 11.4 Å². The molecule has 0 bridgehead atoms. The average Bonchev–Trinajstić information content (AvgIpc) is 3.93. The minimum Gasteiger partial charge on any atom is -0.355 e. The van der Waals surface area contributed by atoms with Crippen molar-refractivity contribution in [1.82, 2.24) is 4.57 Å². The molecule has 2 aliphatic carbocycles. The zero-order valence-corrected chi connectivity index (χ0v) is 37.2. The lowest BCUT2D eigenvalue weighted by atomic mass is 9.58. The predicted octanol–water partition coefficient (Wildman–Crippen LogP) is 14.2. The lowest BCUT2D eigenvalue weighted by Gasteiger charge is -2.27. The Morgan fingerprint density at radius 1 is 0.516 bits per heavy atom. The SMILES string of the molecule is CC(C)(C)c1ccc(Nc2cc3sc4ccccc4c3cc2-c2ccc3c4cc5c(cc4n4c3c2Bc2cc3c(cc2-4)C(C)(C)c2ccccc2-3)-c2ccccc2C5(C)C)cc1. The van der Waals surface area contributed by atoms with Crippen molar-refractivity contribution in [2.45, 2.75) is 64.7 Å². The van der Waals surface area contributed by atoms with Crippen molar-refractivity contribution in [2.75, 3.05) is 5.32 Å². The molecule has 2 nitrogen and oxygen atoms in total. The van der Waals surface area contributed by atoms with Gasteiger partial charge in [-0.15, -0.1) is 11.3 Å². The van der Waals surface area contributed by atoms with E-state index in [1.165, 1.54) is 120 Å². The number of nitrogens with one attached hydrogen (secondary N) is 1. The van der Waals surface area contributed by atoms with Crippen molar-refractivity contribution < 1.29 is 0 Å². The molecule has 0 atom stereocenters. The highest BCUT2D eigenvalue weighted by Crippen LogP contribution is 2.53. The van der Waals surface area contributed by atoms with Gasteiger partial charge in [-0.1, -0.05) is 151 Å². The van der Waals surface area contributed by atoms with E-state index in [2.05, 4.69) is 204 Å². The maximum absolute atomic E-state index is 3.97. The molecule has 2 aromatic heterocycles. The van der Waals surface area contributed by atoms with Crippen LogP contribution in [-0.2, 0) is 16.2 Å². The number of fused-ring (bicyclic) bond motifs is 14. The summed E-state index contributed by atoms with van der Waals surface area (Å²) >= 11 is 1.88. The summed E-state index contributed by atoms with van der Waals surface area (Å²) in [5.41, 5.74) is 23.8. The molecule has 0 amide bonds. The van der Waals surface area contributed by atoms with E-state index < -0.39 is 0 Å². The number of thiophene rings is 1. The Balaban J connectivity index is 1.11. The highest BCUT2D eigenvalue weighted by Gasteiger charge is 2.39. The van der Waals surface area contributed by atoms with Gasteiger partial charge in [0.15, 0.2) is 7.28 Å². The summed E-state index contributed by atoms with van der Waals surface area (Å²) in [5, 5.41) is 9.26. The van der Waals surface area contributed by atoms with Gasteiger partial charge in [-0.05, 0) is 115 Å². The summed E-state index contributed by atoms with van der Waals surface area (Å²) in [7, 11) is 0.852. The molecule has 3 aliphatic rings. The molecule has 4 heteroatoms. The first-order chi connectivity index (χ1) is 29.9. The van der Waals surface area contributed by atoms with Crippen molar-refractivity contribution in [3.05, 3.63) is 173 Å². The van der Waals surface area contributed by atoms with Crippen molar-refractivity contribution in [3.63, 3.8) is 0 Å². The van der Waals surface area contributed by atoms with Crippen LogP contribution in [-0.4, -0.2) is 11.8 Å². The van der Waals surface area contributed by atoms with Crippen LogP contribution in [0.1, 0.15) is 76.3 Å². The van der Waals surface area contributed by atoms with Crippen LogP contribution in [0, 0.1) is 0 Å². The van der Waals surface area contributed by atoms with Gasteiger partial charge < -0.3 is 9.88 Å². The summed E-state index contributed by atoms with van der Waals surface area (Å²) in [4.78, 5) is 0. The molecule has 62 heavy (non-hydrogen) atoms. The Labute approximate surface area is 368 Å². The van der Waals surface area contributed by atoms with E-state index in [9.17, 15) is 0 Å². The highest BCUT2D eigenvalue weighted by atomic mass is 32.1. The number of aromatic nitrogens is 1. The molecule has 0 saturated heterocycles. The first-order valence-corrected chi connectivity index (χ1v) is 23.0. The third kappa shape index (κ3) is 4.82. The first-order valence-electron chi connectivity index (χ1n) is 22.2. The summed E-state index contributed by atoms with van der Waals surface area (Å²) in [6.45, 7) is 16.5. The quantitative estimate of drug-likeness (QED) is 0.176. The smallest absolute Gasteiger partial charge is 0.198 e. The summed E-state index contributed by atoms with van der Waals surface area (Å²) in [6, 6.07) is 56.0. The molecule has 0 unspecified atom stereocenters. The number of nitrogens with zero attached hydrogens (tertiary/aromatic N) is 1. The molecule has 0 spiro atoms. The summed E-state index contributed by atoms with van der Waals surface area (Å²) in [5.74, 6) is 0. The Hall–Kier alpha value is -6.36. The molecular weight excluding hydrogens is 768 g/mol. The lowest BCUT2D eigenvalue weighted by molar-refractivity contribution is 0.590. The fraction of sp³-hybridized carbons (Fsp3) is 0.172. The zero-order chi connectivity index (χ0) is 42.0. The second-order valence-corrected chi connectivity index (χ2v) is 21.3. The van der Waals surface area contributed by atoms with Gasteiger partial charge in [0.1, 0.15) is 0 Å². The third-order valence-corrected chi connectivity index (χ3v) is 16.1. The number of benzene rings is 8. The van der Waals surface area contributed by atoms with Crippen LogP contribution in [0.15, 0.2) is 146 Å². The minimum atomic E-state index is -0.0975. The van der Waals surface area contributed by atoms with E-state index >= 15 is 0 Å². The zero-order valence-electron chi connectivity index (χ0n) is 36.4. The Bertz CT molecular complexity index is 3610. The molecule has 0 radical (unpaired) electrons. The van der Waals surface area contributed by atoms with Crippen LogP contribution in [0.2, 0.25) is 0 Å². The van der Waals surface area contributed by atoms with Crippen molar-refractivity contribution in [3.8, 4) is 39.1 Å². The minimum absolute atomic E-state index is 0.0869. The van der Waals surface area contributed by atoms with Crippen LogP contribution in [0.5, 0.6) is 0 Å². The van der Waals surface area contributed by atoms with Crippen LogP contribution < -0.4 is 16.2 Å². The van der Waals surface area contributed by atoms with Gasteiger partial charge in [-0.2, -0.15) is 0 Å². The molecule has 10 aromatic rings. The average molecular weight is 815 g/mol. The molecule has 3 heterocycles.